The molecule has 0 N–H and O–H groups in total. The van der Waals surface area contributed by atoms with Crippen LogP contribution in [-0.4, -0.2) is 15.0 Å². The highest BCUT2D eigenvalue weighted by molar-refractivity contribution is 5.88. The minimum Gasteiger partial charge on any atom is -0.208 e. The van der Waals surface area contributed by atoms with Crippen LogP contribution in [0.2, 0.25) is 0 Å². The lowest BCUT2D eigenvalue weighted by atomic mass is 9.67. The quantitative estimate of drug-likeness (QED) is 0.204. The fourth-order valence-corrected chi connectivity index (χ4v) is 6.98. The zero-order valence-electron chi connectivity index (χ0n) is 25.3. The van der Waals surface area contributed by atoms with Crippen LogP contribution in [0.25, 0.3) is 45.3 Å². The van der Waals surface area contributed by atoms with E-state index in [4.69, 9.17) is 15.0 Å². The van der Waals surface area contributed by atoms with E-state index in [1.54, 1.807) is 0 Å². The maximum absolute atomic E-state index is 5.14. The first-order chi connectivity index (χ1) is 22.1. The largest absolute Gasteiger partial charge is 0.208 e. The molecule has 6 aromatic carbocycles. The zero-order chi connectivity index (χ0) is 30.4. The van der Waals surface area contributed by atoms with E-state index in [1.807, 2.05) is 24.3 Å². The minimum absolute atomic E-state index is 0.491. The number of aromatic nitrogens is 3. The Hall–Kier alpha value is -5.67. The number of benzene rings is 6. The molecule has 0 radical (unpaired) electrons. The van der Waals surface area contributed by atoms with Crippen molar-refractivity contribution in [3.05, 3.63) is 185 Å². The van der Waals surface area contributed by atoms with Crippen LogP contribution in [0.4, 0.5) is 0 Å². The highest BCUT2D eigenvalue weighted by atomic mass is 15.0. The molecule has 0 fully saturated rings. The molecule has 8 rings (SSSR count). The SMILES string of the molecule is Cc1ccccc1-c1nc(-c2ccc3c(c2)C(c2ccccc2)(c2ccccc2)c2ccccc2-3)nc(-c2ccccc2C)n1. The van der Waals surface area contributed by atoms with Gasteiger partial charge in [-0.2, -0.15) is 0 Å². The molecule has 0 atom stereocenters. The summed E-state index contributed by atoms with van der Waals surface area (Å²) in [6.07, 6.45) is 0. The molecule has 0 spiro atoms. The average molecular weight is 578 g/mol. The Morgan fingerprint density at radius 3 is 1.38 bits per heavy atom. The Labute approximate surface area is 264 Å². The van der Waals surface area contributed by atoms with Gasteiger partial charge in [-0.1, -0.05) is 146 Å². The van der Waals surface area contributed by atoms with Gasteiger partial charge in [0.05, 0.1) is 5.41 Å². The van der Waals surface area contributed by atoms with Crippen LogP contribution in [0.5, 0.6) is 0 Å². The molecule has 3 heteroatoms. The molecule has 0 bridgehead atoms. The molecule has 7 aromatic rings. The van der Waals surface area contributed by atoms with Crippen molar-refractivity contribution in [2.24, 2.45) is 0 Å². The third-order valence-corrected chi connectivity index (χ3v) is 9.12. The summed E-state index contributed by atoms with van der Waals surface area (Å²) in [5.41, 5.74) is 12.2. The van der Waals surface area contributed by atoms with E-state index in [2.05, 4.69) is 141 Å². The molecule has 214 valence electrons. The monoisotopic (exact) mass is 577 g/mol. The highest BCUT2D eigenvalue weighted by Gasteiger charge is 2.46. The molecular weight excluding hydrogens is 546 g/mol. The molecule has 0 unspecified atom stereocenters. The molecular formula is C42H31N3. The van der Waals surface area contributed by atoms with Gasteiger partial charge >= 0.3 is 0 Å². The molecule has 3 nitrogen and oxygen atoms in total. The van der Waals surface area contributed by atoms with Crippen LogP contribution >= 0.6 is 0 Å². The Morgan fingerprint density at radius 1 is 0.378 bits per heavy atom. The Morgan fingerprint density at radius 2 is 0.822 bits per heavy atom. The average Bonchev–Trinajstić information content (AvgIpc) is 3.40. The van der Waals surface area contributed by atoms with E-state index in [0.29, 0.717) is 17.5 Å². The smallest absolute Gasteiger partial charge is 0.164 e. The van der Waals surface area contributed by atoms with Crippen molar-refractivity contribution in [2.75, 3.05) is 0 Å². The second-order valence-corrected chi connectivity index (χ2v) is 11.7. The number of hydrogen-bond donors (Lipinski definition) is 0. The van der Waals surface area contributed by atoms with Gasteiger partial charge in [-0.3, -0.25) is 0 Å². The molecule has 0 saturated carbocycles. The lowest BCUT2D eigenvalue weighted by Crippen LogP contribution is -2.28. The first-order valence-corrected chi connectivity index (χ1v) is 15.4. The lowest BCUT2D eigenvalue weighted by molar-refractivity contribution is 0.768. The summed E-state index contributed by atoms with van der Waals surface area (Å²) in [6.45, 7) is 4.21. The van der Waals surface area contributed by atoms with Crippen molar-refractivity contribution in [1.82, 2.24) is 15.0 Å². The topological polar surface area (TPSA) is 38.7 Å². The van der Waals surface area contributed by atoms with Gasteiger partial charge in [0.1, 0.15) is 0 Å². The second kappa shape index (κ2) is 10.8. The molecule has 1 heterocycles. The third-order valence-electron chi connectivity index (χ3n) is 9.12. The van der Waals surface area contributed by atoms with Gasteiger partial charge in [0, 0.05) is 16.7 Å². The Kier molecular flexibility index (Phi) is 6.46. The van der Waals surface area contributed by atoms with E-state index in [1.165, 1.54) is 33.4 Å². The molecule has 1 aliphatic carbocycles. The van der Waals surface area contributed by atoms with Crippen LogP contribution in [0, 0.1) is 13.8 Å². The van der Waals surface area contributed by atoms with Crippen molar-refractivity contribution < 1.29 is 0 Å². The van der Waals surface area contributed by atoms with Crippen molar-refractivity contribution in [3.63, 3.8) is 0 Å². The summed E-state index contributed by atoms with van der Waals surface area (Å²) in [4.78, 5) is 15.3. The summed E-state index contributed by atoms with van der Waals surface area (Å²) in [7, 11) is 0. The van der Waals surface area contributed by atoms with Crippen LogP contribution in [0.3, 0.4) is 0 Å². The van der Waals surface area contributed by atoms with Crippen molar-refractivity contribution in [1.29, 1.82) is 0 Å². The first kappa shape index (κ1) is 26.9. The second-order valence-electron chi connectivity index (χ2n) is 11.7. The van der Waals surface area contributed by atoms with Crippen molar-refractivity contribution in [2.45, 2.75) is 19.3 Å². The number of nitrogens with zero attached hydrogens (tertiary/aromatic N) is 3. The Bertz CT molecular complexity index is 2080. The van der Waals surface area contributed by atoms with Crippen LogP contribution in [-0.2, 0) is 5.41 Å². The van der Waals surface area contributed by atoms with E-state index in [0.717, 1.165) is 27.8 Å². The van der Waals surface area contributed by atoms with Crippen molar-refractivity contribution in [3.8, 4) is 45.3 Å². The van der Waals surface area contributed by atoms with Crippen LogP contribution in [0.1, 0.15) is 33.4 Å². The summed E-state index contributed by atoms with van der Waals surface area (Å²) < 4.78 is 0. The molecule has 45 heavy (non-hydrogen) atoms. The normalized spacial score (nSPS) is 12.8. The molecule has 0 saturated heterocycles. The van der Waals surface area contributed by atoms with Gasteiger partial charge in [-0.15, -0.1) is 0 Å². The molecule has 0 amide bonds. The summed E-state index contributed by atoms with van der Waals surface area (Å²) in [6, 6.07) is 53.9. The fourth-order valence-electron chi connectivity index (χ4n) is 6.98. The minimum atomic E-state index is -0.491. The molecule has 1 aliphatic rings. The van der Waals surface area contributed by atoms with Gasteiger partial charge in [0.15, 0.2) is 17.5 Å². The number of rotatable bonds is 5. The molecule has 0 aliphatic heterocycles. The number of aryl methyl sites for hydroxylation is 2. The van der Waals surface area contributed by atoms with Crippen LogP contribution < -0.4 is 0 Å². The standard InChI is InChI=1S/C42H31N3/c1-28-15-9-11-21-33(28)40-43-39(44-41(45-40)34-22-12-10-16-29(34)2)30-25-26-36-35-23-13-14-24-37(35)42(38(36)27-30,31-17-5-3-6-18-31)32-19-7-4-8-20-32/h3-27H,1-2H3. The van der Waals surface area contributed by atoms with Gasteiger partial charge in [-0.25, -0.2) is 15.0 Å². The third kappa shape index (κ3) is 4.31. The zero-order valence-corrected chi connectivity index (χ0v) is 25.3. The van der Waals surface area contributed by atoms with Gasteiger partial charge in [0.25, 0.3) is 0 Å². The van der Waals surface area contributed by atoms with Gasteiger partial charge in [0.2, 0.25) is 0 Å². The van der Waals surface area contributed by atoms with Gasteiger partial charge < -0.3 is 0 Å². The van der Waals surface area contributed by atoms with E-state index < -0.39 is 5.41 Å². The molecule has 1 aromatic heterocycles. The number of fused-ring (bicyclic) bond motifs is 3. The predicted octanol–water partition coefficient (Wildman–Crippen LogP) is 9.85. The summed E-state index contributed by atoms with van der Waals surface area (Å²) >= 11 is 0. The van der Waals surface area contributed by atoms with E-state index in [-0.39, 0.29) is 0 Å². The maximum atomic E-state index is 5.14. The van der Waals surface area contributed by atoms with Crippen molar-refractivity contribution >= 4 is 0 Å². The first-order valence-electron chi connectivity index (χ1n) is 15.4. The summed E-state index contributed by atoms with van der Waals surface area (Å²) in [5, 5.41) is 0. The van der Waals surface area contributed by atoms with E-state index >= 15 is 0 Å². The summed E-state index contributed by atoms with van der Waals surface area (Å²) in [5.74, 6) is 2.02. The highest BCUT2D eigenvalue weighted by Crippen LogP contribution is 2.56. The number of hydrogen-bond acceptors (Lipinski definition) is 3. The lowest BCUT2D eigenvalue weighted by Gasteiger charge is -2.34. The fraction of sp³-hybridized carbons (Fsp3) is 0.0714. The predicted molar refractivity (Wildman–Crippen MR) is 183 cm³/mol. The van der Waals surface area contributed by atoms with E-state index in [9.17, 15) is 0 Å². The Balaban J connectivity index is 1.42. The van der Waals surface area contributed by atoms with Gasteiger partial charge in [-0.05, 0) is 64.4 Å². The van der Waals surface area contributed by atoms with Crippen LogP contribution in [0.15, 0.2) is 152 Å². The maximum Gasteiger partial charge on any atom is 0.164 e.